The Morgan fingerprint density at radius 3 is 2.28 bits per heavy atom. The number of carboxylic acid groups (broad SMARTS) is 1. The van der Waals surface area contributed by atoms with Crippen molar-refractivity contribution in [1.82, 2.24) is 0 Å². The highest BCUT2D eigenvalue weighted by atomic mass is 16.4. The summed E-state index contributed by atoms with van der Waals surface area (Å²) in [5, 5.41) is 9.04. The second-order valence-corrected chi connectivity index (χ2v) is 4.16. The molecule has 0 fully saturated rings. The van der Waals surface area contributed by atoms with Gasteiger partial charge in [0.2, 0.25) is 0 Å². The molecule has 0 aliphatic carbocycles. The number of anilines is 1. The highest BCUT2D eigenvalue weighted by Gasteiger charge is 2.09. The fourth-order valence-corrected chi connectivity index (χ4v) is 1.85. The fourth-order valence-electron chi connectivity index (χ4n) is 1.85. The van der Waals surface area contributed by atoms with E-state index in [0.717, 1.165) is 17.5 Å². The van der Waals surface area contributed by atoms with E-state index in [4.69, 9.17) is 10.8 Å². The lowest BCUT2D eigenvalue weighted by Gasteiger charge is -2.06. The van der Waals surface area contributed by atoms with Crippen molar-refractivity contribution in [2.75, 3.05) is 5.73 Å². The summed E-state index contributed by atoms with van der Waals surface area (Å²) < 4.78 is 0. The minimum Gasteiger partial charge on any atom is -0.478 e. The van der Waals surface area contributed by atoms with Gasteiger partial charge in [-0.15, -0.1) is 0 Å². The van der Waals surface area contributed by atoms with E-state index in [-0.39, 0.29) is 11.3 Å². The number of aryl methyl sites for hydroxylation is 1. The fraction of sp³-hybridized carbons (Fsp3) is 0.133. The Kier molecular flexibility index (Phi) is 3.33. The van der Waals surface area contributed by atoms with Crippen LogP contribution in [0.15, 0.2) is 42.5 Å². The molecule has 3 N–H and O–H groups in total. The Bertz CT molecular complexity index is 574. The number of nitrogen functional groups attached to an aromatic ring is 1. The molecular weight excluding hydrogens is 226 g/mol. The van der Waals surface area contributed by atoms with Gasteiger partial charge in [0, 0.05) is 5.69 Å². The van der Waals surface area contributed by atoms with Crippen LogP contribution in [0.3, 0.4) is 0 Å². The monoisotopic (exact) mass is 241 g/mol. The normalized spacial score (nSPS) is 10.3. The van der Waals surface area contributed by atoms with Crippen molar-refractivity contribution in [3.05, 3.63) is 53.6 Å². The summed E-state index contributed by atoms with van der Waals surface area (Å²) >= 11 is 0. The van der Waals surface area contributed by atoms with Crippen molar-refractivity contribution in [2.45, 2.75) is 13.3 Å². The Balaban J connectivity index is 2.44. The van der Waals surface area contributed by atoms with Crippen molar-refractivity contribution < 1.29 is 9.90 Å². The van der Waals surface area contributed by atoms with Gasteiger partial charge in [-0.25, -0.2) is 4.79 Å². The van der Waals surface area contributed by atoms with Gasteiger partial charge >= 0.3 is 5.97 Å². The van der Waals surface area contributed by atoms with Crippen molar-refractivity contribution in [2.24, 2.45) is 0 Å². The van der Waals surface area contributed by atoms with Crippen LogP contribution in [-0.4, -0.2) is 11.1 Å². The van der Waals surface area contributed by atoms with Crippen LogP contribution in [0, 0.1) is 0 Å². The van der Waals surface area contributed by atoms with Gasteiger partial charge in [-0.1, -0.05) is 37.3 Å². The molecule has 0 heterocycles. The summed E-state index contributed by atoms with van der Waals surface area (Å²) in [7, 11) is 0. The van der Waals surface area contributed by atoms with Crippen LogP contribution in [0.5, 0.6) is 0 Å². The number of nitrogens with two attached hydrogens (primary N) is 1. The zero-order valence-electron chi connectivity index (χ0n) is 10.2. The van der Waals surface area contributed by atoms with Crippen molar-refractivity contribution in [3.8, 4) is 11.1 Å². The zero-order valence-corrected chi connectivity index (χ0v) is 10.2. The van der Waals surface area contributed by atoms with Crippen molar-refractivity contribution in [3.63, 3.8) is 0 Å². The van der Waals surface area contributed by atoms with Crippen LogP contribution >= 0.6 is 0 Å². The van der Waals surface area contributed by atoms with E-state index < -0.39 is 5.97 Å². The third-order valence-corrected chi connectivity index (χ3v) is 2.98. The standard InChI is InChI=1S/C15H15NO2/c1-2-10-3-5-11(6-4-10)12-7-8-14(16)13(9-12)15(17)18/h3-9H,2,16H2,1H3,(H,17,18). The smallest absolute Gasteiger partial charge is 0.337 e. The van der Waals surface area contributed by atoms with E-state index in [1.165, 1.54) is 5.56 Å². The van der Waals surface area contributed by atoms with Crippen molar-refractivity contribution >= 4 is 11.7 Å². The molecule has 0 aliphatic heterocycles. The average Bonchev–Trinajstić information content (AvgIpc) is 2.39. The molecular formula is C15H15NO2. The molecule has 0 saturated heterocycles. The SMILES string of the molecule is CCc1ccc(-c2ccc(N)c(C(=O)O)c2)cc1. The molecule has 2 aromatic carbocycles. The molecule has 18 heavy (non-hydrogen) atoms. The van der Waals surface area contributed by atoms with Gasteiger partial charge in [0.05, 0.1) is 5.56 Å². The number of rotatable bonds is 3. The number of aromatic carboxylic acids is 1. The molecule has 2 aromatic rings. The van der Waals surface area contributed by atoms with E-state index in [9.17, 15) is 4.79 Å². The topological polar surface area (TPSA) is 63.3 Å². The first-order valence-electron chi connectivity index (χ1n) is 5.84. The number of hydrogen-bond acceptors (Lipinski definition) is 2. The van der Waals surface area contributed by atoms with Gasteiger partial charge in [-0.05, 0) is 35.2 Å². The first kappa shape index (κ1) is 12.2. The molecule has 0 aromatic heterocycles. The maximum Gasteiger partial charge on any atom is 0.337 e. The lowest BCUT2D eigenvalue weighted by molar-refractivity contribution is 0.0698. The van der Waals surface area contributed by atoms with Gasteiger partial charge in [-0.2, -0.15) is 0 Å². The van der Waals surface area contributed by atoms with E-state index in [0.29, 0.717) is 0 Å². The van der Waals surface area contributed by atoms with Gasteiger partial charge in [0.15, 0.2) is 0 Å². The second kappa shape index (κ2) is 4.92. The molecule has 2 rings (SSSR count). The summed E-state index contributed by atoms with van der Waals surface area (Å²) in [6.45, 7) is 2.10. The zero-order chi connectivity index (χ0) is 13.1. The number of carbonyl (C=O) groups is 1. The van der Waals surface area contributed by atoms with Crippen LogP contribution in [-0.2, 0) is 6.42 Å². The Morgan fingerprint density at radius 1 is 1.11 bits per heavy atom. The third kappa shape index (κ3) is 2.35. The van der Waals surface area contributed by atoms with Crippen molar-refractivity contribution in [1.29, 1.82) is 0 Å². The minimum atomic E-state index is -1.00. The molecule has 3 heteroatoms. The maximum atomic E-state index is 11.0. The van der Waals surface area contributed by atoms with Gasteiger partial charge in [-0.3, -0.25) is 0 Å². The Hall–Kier alpha value is -2.29. The quantitative estimate of drug-likeness (QED) is 0.811. The van der Waals surface area contributed by atoms with E-state index in [1.807, 2.05) is 30.3 Å². The molecule has 0 radical (unpaired) electrons. The first-order chi connectivity index (χ1) is 8.61. The summed E-state index contributed by atoms with van der Waals surface area (Å²) in [5.74, 6) is -1.00. The molecule has 0 unspecified atom stereocenters. The Labute approximate surface area is 106 Å². The largest absolute Gasteiger partial charge is 0.478 e. The first-order valence-corrected chi connectivity index (χ1v) is 5.84. The molecule has 0 saturated carbocycles. The molecule has 0 amide bonds. The minimum absolute atomic E-state index is 0.145. The second-order valence-electron chi connectivity index (χ2n) is 4.16. The number of hydrogen-bond donors (Lipinski definition) is 2. The highest BCUT2D eigenvalue weighted by Crippen LogP contribution is 2.24. The van der Waals surface area contributed by atoms with E-state index in [1.54, 1.807) is 12.1 Å². The van der Waals surface area contributed by atoms with Crippen LogP contribution in [0.4, 0.5) is 5.69 Å². The van der Waals surface area contributed by atoms with Crippen LogP contribution < -0.4 is 5.73 Å². The Morgan fingerprint density at radius 2 is 1.72 bits per heavy atom. The van der Waals surface area contributed by atoms with Gasteiger partial charge < -0.3 is 10.8 Å². The summed E-state index contributed by atoms with van der Waals surface area (Å²) in [6.07, 6.45) is 0.988. The summed E-state index contributed by atoms with van der Waals surface area (Å²) in [6, 6.07) is 13.2. The van der Waals surface area contributed by atoms with E-state index in [2.05, 4.69) is 6.92 Å². The molecule has 0 atom stereocenters. The van der Waals surface area contributed by atoms with E-state index >= 15 is 0 Å². The molecule has 92 valence electrons. The van der Waals surface area contributed by atoms with Crippen LogP contribution in [0.1, 0.15) is 22.8 Å². The predicted octanol–water partition coefficient (Wildman–Crippen LogP) is 3.20. The summed E-state index contributed by atoms with van der Waals surface area (Å²) in [4.78, 5) is 11.0. The number of benzene rings is 2. The molecule has 0 bridgehead atoms. The lowest BCUT2D eigenvalue weighted by Crippen LogP contribution is -2.02. The maximum absolute atomic E-state index is 11.0. The third-order valence-electron chi connectivity index (χ3n) is 2.98. The van der Waals surface area contributed by atoms with Crippen LogP contribution in [0.2, 0.25) is 0 Å². The highest BCUT2D eigenvalue weighted by molar-refractivity contribution is 5.95. The lowest BCUT2D eigenvalue weighted by atomic mass is 10.0. The van der Waals surface area contributed by atoms with Crippen LogP contribution in [0.25, 0.3) is 11.1 Å². The predicted molar refractivity (Wildman–Crippen MR) is 72.6 cm³/mol. The average molecular weight is 241 g/mol. The molecule has 0 spiro atoms. The molecule has 0 aliphatic rings. The number of carboxylic acids is 1. The van der Waals surface area contributed by atoms with Gasteiger partial charge in [0.25, 0.3) is 0 Å². The molecule has 3 nitrogen and oxygen atoms in total. The van der Waals surface area contributed by atoms with Gasteiger partial charge in [0.1, 0.15) is 0 Å². The summed E-state index contributed by atoms with van der Waals surface area (Å²) in [5.41, 5.74) is 9.18.